The van der Waals surface area contributed by atoms with E-state index in [0.29, 0.717) is 18.8 Å². The predicted molar refractivity (Wildman–Crippen MR) is 276 cm³/mol. The Balaban J connectivity index is 2.14. The van der Waals surface area contributed by atoms with Crippen LogP contribution in [0.15, 0.2) is 12.2 Å². The maximum atomic E-state index is 13.4. The van der Waals surface area contributed by atoms with Gasteiger partial charge in [0.25, 0.3) is 5.79 Å². The van der Waals surface area contributed by atoms with Gasteiger partial charge in [-0.3, -0.25) is 14.1 Å². The van der Waals surface area contributed by atoms with Gasteiger partial charge < -0.3 is 75.5 Å². The van der Waals surface area contributed by atoms with Crippen LogP contribution in [0.3, 0.4) is 0 Å². The summed E-state index contributed by atoms with van der Waals surface area (Å²) in [6.45, 7) is 4.78. The molecular weight excluding hydrogens is 1000 g/mol. The molecule has 22 nitrogen and oxygen atoms in total. The van der Waals surface area contributed by atoms with Gasteiger partial charge in [0, 0.05) is 13.3 Å². The highest BCUT2D eigenvalue weighted by molar-refractivity contribution is 7.80. The van der Waals surface area contributed by atoms with E-state index in [0.717, 1.165) is 58.3 Å². The number of hydrogen-bond acceptors (Lipinski definition) is 18. The van der Waals surface area contributed by atoms with E-state index in [2.05, 4.69) is 35.6 Å². The molecule has 0 aromatic rings. The number of carboxylic acids is 1. The van der Waals surface area contributed by atoms with Gasteiger partial charge in [-0.05, 0) is 25.2 Å². The first kappa shape index (κ1) is 68.6. The van der Waals surface area contributed by atoms with E-state index in [1.165, 1.54) is 89.5 Å². The van der Waals surface area contributed by atoms with Gasteiger partial charge in [-0.15, -0.1) is 0 Å². The van der Waals surface area contributed by atoms with Crippen molar-refractivity contribution in [2.75, 3.05) is 19.8 Å². The summed E-state index contributed by atoms with van der Waals surface area (Å²) in [5, 5.41) is 102. The third kappa shape index (κ3) is 26.8. The lowest BCUT2D eigenvalue weighted by molar-refractivity contribution is -0.338. The van der Waals surface area contributed by atoms with Crippen LogP contribution in [-0.2, 0) is 47.9 Å². The summed E-state index contributed by atoms with van der Waals surface area (Å²) in [4.78, 5) is 38.2. The fourth-order valence-electron chi connectivity index (χ4n) is 9.36. The molecular formula is C52H96N2O20S. The molecule has 2 heterocycles. The molecule has 2 aliphatic heterocycles. The molecule has 0 saturated carbocycles. The molecule has 2 saturated heterocycles. The van der Waals surface area contributed by atoms with Gasteiger partial charge in [0.2, 0.25) is 11.8 Å². The third-order valence-electron chi connectivity index (χ3n) is 13.9. The maximum Gasteiger partial charge on any atom is 0.397 e. The number of aliphatic carboxylic acids is 1. The Hall–Kier alpha value is -2.46. The van der Waals surface area contributed by atoms with E-state index < -0.39 is 140 Å². The summed E-state index contributed by atoms with van der Waals surface area (Å²) in [6.07, 6.45) is 7.02. The van der Waals surface area contributed by atoms with Crippen LogP contribution in [0, 0.1) is 5.92 Å². The van der Waals surface area contributed by atoms with Crippen LogP contribution in [-0.4, -0.2) is 182 Å². The number of rotatable bonds is 42. The van der Waals surface area contributed by atoms with Gasteiger partial charge in [-0.2, -0.15) is 8.42 Å². The molecule has 2 amide bonds. The van der Waals surface area contributed by atoms with Crippen molar-refractivity contribution in [3.63, 3.8) is 0 Å². The van der Waals surface area contributed by atoms with Crippen molar-refractivity contribution in [3.05, 3.63) is 12.2 Å². The minimum Gasteiger partial charge on any atom is -0.477 e. The number of ether oxygens (including phenoxy) is 4. The zero-order chi connectivity index (χ0) is 56.0. The average molecular weight is 1100 g/mol. The van der Waals surface area contributed by atoms with Crippen LogP contribution in [0.25, 0.3) is 0 Å². The van der Waals surface area contributed by atoms with E-state index in [1.54, 1.807) is 6.08 Å². The smallest absolute Gasteiger partial charge is 0.397 e. The molecule has 14 atom stereocenters. The molecule has 0 aromatic carbocycles. The number of carbonyl (C=O) groups is 3. The van der Waals surface area contributed by atoms with Gasteiger partial charge in [-0.1, -0.05) is 168 Å². The predicted octanol–water partition coefficient (Wildman–Crippen LogP) is 3.60. The van der Waals surface area contributed by atoms with E-state index in [-0.39, 0.29) is 6.42 Å². The highest BCUT2D eigenvalue weighted by atomic mass is 32.3. The number of nitrogens with one attached hydrogen (secondary N) is 2. The summed E-state index contributed by atoms with van der Waals surface area (Å²) >= 11 is 0. The average Bonchev–Trinajstić information content (AvgIpc) is 3.35. The maximum absolute atomic E-state index is 13.4. The van der Waals surface area contributed by atoms with Crippen LogP contribution in [0.2, 0.25) is 0 Å². The second-order valence-electron chi connectivity index (χ2n) is 20.9. The summed E-state index contributed by atoms with van der Waals surface area (Å²) < 4.78 is 59.2. The number of carboxylic acid groups (broad SMARTS) is 1. The molecule has 2 fully saturated rings. The molecule has 0 spiro atoms. The van der Waals surface area contributed by atoms with Crippen molar-refractivity contribution in [2.45, 2.75) is 273 Å². The second-order valence-corrected chi connectivity index (χ2v) is 22.0. The van der Waals surface area contributed by atoms with Crippen molar-refractivity contribution in [1.29, 1.82) is 0 Å². The minimum atomic E-state index is -5.34. The number of unbranched alkanes of at least 4 members (excludes halogenated alkanes) is 20. The molecule has 2 rings (SSSR count). The lowest BCUT2D eigenvalue weighted by Crippen LogP contribution is -2.68. The van der Waals surface area contributed by atoms with Gasteiger partial charge in [0.1, 0.15) is 48.8 Å². The van der Waals surface area contributed by atoms with Crippen molar-refractivity contribution in [1.82, 2.24) is 10.6 Å². The van der Waals surface area contributed by atoms with E-state index >= 15 is 0 Å². The van der Waals surface area contributed by atoms with Gasteiger partial charge in [0.15, 0.2) is 6.29 Å². The number of carbonyl (C=O) groups excluding carboxylic acids is 2. The first-order valence-corrected chi connectivity index (χ1v) is 29.0. The topological polar surface area (TPSA) is 358 Å². The first-order valence-electron chi connectivity index (χ1n) is 27.7. The van der Waals surface area contributed by atoms with Crippen LogP contribution in [0.5, 0.6) is 0 Å². The standard InChI is InChI=1S/C52H96N2O20S/c1-5-6-7-8-9-10-11-12-13-14-17-21-24-27-30-39(58)49(64)54-37(38(57)29-26-23-20-18-15-16-19-22-25-28-35(2)3)33-70-50-47(63)46(62)44(60)42(72-50)34-71-52(51(65)66)31-40(59)43(53-36(4)56)48(73-52)45(61)41(32-55)74-75(67,68)69/h26,29,35,37-48,50,55,57-63H,5-25,27-28,30-34H2,1-4H3,(H,53,56)(H,54,64)(H,65,66)(H,67,68,69)/b29-26+/t37-,38+,39+,40-,41+,42+,43+,44+,45+,46-,47+,48+,50+,52+/m0/s1. The number of amides is 2. The molecule has 0 radical (unpaired) electrons. The summed E-state index contributed by atoms with van der Waals surface area (Å²) in [5.41, 5.74) is 0. The summed E-state index contributed by atoms with van der Waals surface area (Å²) in [7, 11) is -5.34. The Labute approximate surface area is 445 Å². The monoisotopic (exact) mass is 1100 g/mol. The normalized spacial score (nSPS) is 26.5. The fourth-order valence-corrected chi connectivity index (χ4v) is 9.84. The summed E-state index contributed by atoms with van der Waals surface area (Å²) in [5.74, 6) is -5.83. The van der Waals surface area contributed by atoms with Crippen LogP contribution in [0.4, 0.5) is 0 Å². The molecule has 2 aliphatic rings. The molecule has 0 aliphatic carbocycles. The largest absolute Gasteiger partial charge is 0.477 e. The van der Waals surface area contributed by atoms with Crippen LogP contribution >= 0.6 is 0 Å². The molecule has 0 bridgehead atoms. The molecule has 440 valence electrons. The van der Waals surface area contributed by atoms with Gasteiger partial charge in [-0.25, -0.2) is 8.98 Å². The second kappa shape index (κ2) is 37.4. The quantitative estimate of drug-likeness (QED) is 0.0236. The number of allylic oxidation sites excluding steroid dienone is 1. The Bertz CT molecular complexity index is 1710. The fraction of sp³-hybridized carbons (Fsp3) is 0.904. The lowest BCUT2D eigenvalue weighted by Gasteiger charge is -2.47. The van der Waals surface area contributed by atoms with Crippen LogP contribution < -0.4 is 10.6 Å². The minimum absolute atomic E-state index is 0.170. The molecule has 0 aromatic heterocycles. The van der Waals surface area contributed by atoms with Gasteiger partial charge >= 0.3 is 16.4 Å². The molecule has 0 unspecified atom stereocenters. The first-order chi connectivity index (χ1) is 35.6. The van der Waals surface area contributed by atoms with Crippen LogP contribution in [0.1, 0.15) is 188 Å². The Morgan fingerprint density at radius 3 is 1.81 bits per heavy atom. The number of aliphatic hydroxyl groups excluding tert-OH is 8. The Morgan fingerprint density at radius 2 is 1.31 bits per heavy atom. The highest BCUT2D eigenvalue weighted by Crippen LogP contribution is 2.35. The molecule has 23 heteroatoms. The van der Waals surface area contributed by atoms with Crippen molar-refractivity contribution >= 4 is 28.2 Å². The Morgan fingerprint density at radius 1 is 0.773 bits per heavy atom. The lowest BCUT2D eigenvalue weighted by atomic mass is 9.88. The molecule has 75 heavy (non-hydrogen) atoms. The van der Waals surface area contributed by atoms with Gasteiger partial charge in [0.05, 0.1) is 44.1 Å². The van der Waals surface area contributed by atoms with E-state index in [1.807, 2.05) is 0 Å². The SMILES string of the molecule is CCCCCCCCCCCCCCCC[C@@H](O)C(=O)N[C@@H](CO[C@@H]1O[C@H](CO[C@]2(C(=O)O)C[C@H](O)[C@@H](NC(C)=O)[C@H]([C@H](O)[C@@H](CO)OS(=O)(=O)O)O2)[C@@H](O)[C@H](O)[C@H]1O)[C@H](O)/C=C/CCCCCCCCCC(C)C. The van der Waals surface area contributed by atoms with Crippen molar-refractivity contribution in [3.8, 4) is 0 Å². The number of hydrogen-bond donors (Lipinski definition) is 12. The van der Waals surface area contributed by atoms with Crippen molar-refractivity contribution < 1.29 is 96.4 Å². The highest BCUT2D eigenvalue weighted by Gasteiger charge is 2.57. The Kier molecular flexibility index (Phi) is 34.2. The zero-order valence-electron chi connectivity index (χ0n) is 45.0. The summed E-state index contributed by atoms with van der Waals surface area (Å²) in [6, 6.07) is -2.92. The zero-order valence-corrected chi connectivity index (χ0v) is 45.8. The van der Waals surface area contributed by atoms with E-state index in [9.17, 15) is 73.3 Å². The number of aliphatic hydroxyl groups is 8. The van der Waals surface area contributed by atoms with E-state index in [4.69, 9.17) is 18.9 Å². The third-order valence-corrected chi connectivity index (χ3v) is 14.4. The molecule has 12 N–H and O–H groups in total. The van der Waals surface area contributed by atoms with Crippen molar-refractivity contribution in [2.24, 2.45) is 5.92 Å².